The molecule has 0 aromatic heterocycles. The molecule has 0 aliphatic carbocycles. The minimum atomic E-state index is -1.09. The van der Waals surface area contributed by atoms with E-state index < -0.39 is 18.1 Å². The minimum absolute atomic E-state index is 0.230. The standard InChI is InChI=1S/C35H44ClN3O5/c1-35(2,3)23-39-28-17-16-25(36)21-27(28)32(44-30(34(39)41)22-31(37)40)26-14-8-15-29(33(26)42-4)43-20-10-19-38-18-9-13-24-11-6-5-7-12-24/h5-8,11-12,14-17,21,30,32,38H,9-10,13,18-20,22-23H2,1-4H3,(H2,37,40). The zero-order chi connectivity index (χ0) is 31.7. The normalized spacial score (nSPS) is 16.8. The van der Waals surface area contributed by atoms with Gasteiger partial charge < -0.3 is 30.2 Å². The van der Waals surface area contributed by atoms with Crippen LogP contribution in [0.5, 0.6) is 11.5 Å². The van der Waals surface area contributed by atoms with E-state index in [2.05, 4.69) is 29.6 Å². The Hall–Kier alpha value is -3.59. The van der Waals surface area contributed by atoms with Gasteiger partial charge in [0.25, 0.3) is 5.91 Å². The summed E-state index contributed by atoms with van der Waals surface area (Å²) in [6.07, 6.45) is 0.814. The van der Waals surface area contributed by atoms with Crippen molar-refractivity contribution in [1.29, 1.82) is 0 Å². The Kier molecular flexibility index (Phi) is 11.7. The van der Waals surface area contributed by atoms with Gasteiger partial charge in [-0.05, 0) is 67.6 Å². The smallest absolute Gasteiger partial charge is 0.256 e. The van der Waals surface area contributed by atoms with Gasteiger partial charge >= 0.3 is 0 Å². The van der Waals surface area contributed by atoms with Crippen LogP contribution in [0.25, 0.3) is 0 Å². The third kappa shape index (κ3) is 8.97. The third-order valence-corrected chi connectivity index (χ3v) is 7.57. The fourth-order valence-electron chi connectivity index (χ4n) is 5.40. The van der Waals surface area contributed by atoms with Crippen molar-refractivity contribution in [3.63, 3.8) is 0 Å². The number of hydrogen-bond donors (Lipinski definition) is 2. The molecule has 2 atom stereocenters. The van der Waals surface area contributed by atoms with Gasteiger partial charge in [-0.3, -0.25) is 9.59 Å². The van der Waals surface area contributed by atoms with Gasteiger partial charge in [0.15, 0.2) is 11.5 Å². The highest BCUT2D eigenvalue weighted by Gasteiger charge is 2.39. The maximum atomic E-state index is 13.8. The molecule has 0 saturated carbocycles. The lowest BCUT2D eigenvalue weighted by atomic mass is 9.94. The predicted octanol–water partition coefficient (Wildman–Crippen LogP) is 6.08. The Morgan fingerprint density at radius 1 is 1.02 bits per heavy atom. The first-order valence-corrected chi connectivity index (χ1v) is 15.5. The molecule has 0 spiro atoms. The van der Waals surface area contributed by atoms with E-state index in [4.69, 9.17) is 31.5 Å². The van der Waals surface area contributed by atoms with Crippen LogP contribution in [-0.2, 0) is 20.7 Å². The number of nitrogens with zero attached hydrogens (tertiary/aromatic N) is 1. The van der Waals surface area contributed by atoms with Crippen molar-refractivity contribution in [3.8, 4) is 11.5 Å². The number of fused-ring (bicyclic) bond motifs is 1. The number of carbonyl (C=O) groups is 2. The molecule has 3 N–H and O–H groups in total. The van der Waals surface area contributed by atoms with Crippen LogP contribution in [0.2, 0.25) is 5.02 Å². The van der Waals surface area contributed by atoms with E-state index >= 15 is 0 Å². The number of nitrogens with one attached hydrogen (secondary N) is 1. The number of benzene rings is 3. The summed E-state index contributed by atoms with van der Waals surface area (Å²) in [5, 5.41) is 3.98. The molecule has 4 rings (SSSR count). The average molecular weight is 622 g/mol. The number of halogens is 1. The SMILES string of the molecule is COc1c(OCCCNCCCc2ccccc2)cccc1C1OC(CC(N)=O)C(=O)N(CC(C)(C)C)c2ccc(Cl)cc21. The van der Waals surface area contributed by atoms with E-state index in [1.54, 1.807) is 24.1 Å². The zero-order valence-electron chi connectivity index (χ0n) is 26.1. The van der Waals surface area contributed by atoms with E-state index in [1.807, 2.05) is 51.1 Å². The number of anilines is 1. The van der Waals surface area contributed by atoms with E-state index in [0.29, 0.717) is 46.5 Å². The zero-order valence-corrected chi connectivity index (χ0v) is 26.9. The lowest BCUT2D eigenvalue weighted by Gasteiger charge is -2.31. The molecule has 0 radical (unpaired) electrons. The van der Waals surface area contributed by atoms with Crippen molar-refractivity contribution in [3.05, 3.63) is 88.4 Å². The fourth-order valence-corrected chi connectivity index (χ4v) is 5.58. The van der Waals surface area contributed by atoms with Gasteiger partial charge in [0.2, 0.25) is 5.91 Å². The number of ether oxygens (including phenoxy) is 3. The van der Waals surface area contributed by atoms with Gasteiger partial charge in [0, 0.05) is 28.4 Å². The Bertz CT molecular complexity index is 1410. The molecular weight excluding hydrogens is 578 g/mol. The quantitative estimate of drug-likeness (QED) is 0.211. The van der Waals surface area contributed by atoms with Gasteiger partial charge in [-0.15, -0.1) is 0 Å². The molecule has 0 saturated heterocycles. The Labute approximate surface area is 265 Å². The Morgan fingerprint density at radius 2 is 1.77 bits per heavy atom. The van der Waals surface area contributed by atoms with Crippen molar-refractivity contribution in [2.75, 3.05) is 38.3 Å². The fraction of sp³-hybridized carbons (Fsp3) is 0.429. The van der Waals surface area contributed by atoms with Crippen molar-refractivity contribution in [2.45, 2.75) is 58.7 Å². The third-order valence-electron chi connectivity index (χ3n) is 7.34. The van der Waals surface area contributed by atoms with E-state index in [9.17, 15) is 9.59 Å². The van der Waals surface area contributed by atoms with Crippen LogP contribution in [0.1, 0.15) is 62.8 Å². The van der Waals surface area contributed by atoms with Crippen molar-refractivity contribution < 1.29 is 23.8 Å². The van der Waals surface area contributed by atoms with Crippen LogP contribution in [0.15, 0.2) is 66.7 Å². The number of carbonyl (C=O) groups excluding carboxylic acids is 2. The summed E-state index contributed by atoms with van der Waals surface area (Å²) in [5.74, 6) is 0.107. The largest absolute Gasteiger partial charge is 0.492 e. The van der Waals surface area contributed by atoms with Crippen LogP contribution < -0.4 is 25.4 Å². The summed E-state index contributed by atoms with van der Waals surface area (Å²) in [7, 11) is 1.58. The molecule has 44 heavy (non-hydrogen) atoms. The number of hydrogen-bond acceptors (Lipinski definition) is 6. The Balaban J connectivity index is 1.52. The number of nitrogens with two attached hydrogens (primary N) is 1. The lowest BCUT2D eigenvalue weighted by molar-refractivity contribution is -0.137. The molecule has 3 aromatic carbocycles. The summed E-state index contributed by atoms with van der Waals surface area (Å²) in [6.45, 7) is 8.81. The first-order chi connectivity index (χ1) is 21.1. The number of para-hydroxylation sites is 1. The van der Waals surface area contributed by atoms with Crippen molar-refractivity contribution in [2.24, 2.45) is 11.1 Å². The van der Waals surface area contributed by atoms with Crippen molar-refractivity contribution >= 4 is 29.1 Å². The van der Waals surface area contributed by atoms with E-state index in [1.165, 1.54) is 5.56 Å². The van der Waals surface area contributed by atoms with Gasteiger partial charge in [0.1, 0.15) is 12.2 Å². The molecule has 3 aromatic rings. The molecular formula is C35H44ClN3O5. The molecule has 1 aliphatic rings. The first-order valence-electron chi connectivity index (χ1n) is 15.2. The molecule has 8 nitrogen and oxygen atoms in total. The summed E-state index contributed by atoms with van der Waals surface area (Å²) >= 11 is 6.49. The molecule has 2 amide bonds. The van der Waals surface area contributed by atoms with E-state index in [0.717, 1.165) is 32.4 Å². The molecule has 9 heteroatoms. The minimum Gasteiger partial charge on any atom is -0.492 e. The maximum absolute atomic E-state index is 13.8. The first kappa shape index (κ1) is 33.3. The highest BCUT2D eigenvalue weighted by Crippen LogP contribution is 2.45. The summed E-state index contributed by atoms with van der Waals surface area (Å²) in [5.41, 5.74) is 8.71. The summed E-state index contributed by atoms with van der Waals surface area (Å²) in [4.78, 5) is 27.6. The second-order valence-electron chi connectivity index (χ2n) is 12.3. The molecule has 0 fully saturated rings. The summed E-state index contributed by atoms with van der Waals surface area (Å²) < 4.78 is 18.5. The molecule has 2 unspecified atom stereocenters. The van der Waals surface area contributed by atoms with Crippen LogP contribution in [-0.4, -0.2) is 51.3 Å². The number of methoxy groups -OCH3 is 1. The average Bonchev–Trinajstić information content (AvgIpc) is 3.08. The number of primary amides is 1. The summed E-state index contributed by atoms with van der Waals surface area (Å²) in [6, 6.07) is 21.4. The number of aryl methyl sites for hydroxylation is 1. The van der Waals surface area contributed by atoms with Gasteiger partial charge in [0.05, 0.1) is 20.1 Å². The van der Waals surface area contributed by atoms with Crippen LogP contribution in [0.4, 0.5) is 5.69 Å². The van der Waals surface area contributed by atoms with Crippen molar-refractivity contribution in [1.82, 2.24) is 5.32 Å². The molecule has 236 valence electrons. The van der Waals surface area contributed by atoms with Crippen LogP contribution in [0.3, 0.4) is 0 Å². The monoisotopic (exact) mass is 621 g/mol. The predicted molar refractivity (Wildman–Crippen MR) is 175 cm³/mol. The second kappa shape index (κ2) is 15.4. The number of amides is 2. The molecule has 0 bridgehead atoms. The maximum Gasteiger partial charge on any atom is 0.256 e. The number of rotatable bonds is 14. The van der Waals surface area contributed by atoms with E-state index in [-0.39, 0.29) is 17.7 Å². The van der Waals surface area contributed by atoms with Gasteiger partial charge in [-0.1, -0.05) is 74.8 Å². The second-order valence-corrected chi connectivity index (χ2v) is 12.7. The lowest BCUT2D eigenvalue weighted by Crippen LogP contribution is -2.44. The van der Waals surface area contributed by atoms with Gasteiger partial charge in [-0.25, -0.2) is 0 Å². The highest BCUT2D eigenvalue weighted by atomic mass is 35.5. The van der Waals surface area contributed by atoms with Gasteiger partial charge in [-0.2, -0.15) is 0 Å². The Morgan fingerprint density at radius 3 is 2.48 bits per heavy atom. The van der Waals surface area contributed by atoms with Crippen LogP contribution in [0, 0.1) is 5.41 Å². The van der Waals surface area contributed by atoms with Crippen LogP contribution >= 0.6 is 11.6 Å². The molecule has 1 heterocycles. The molecule has 1 aliphatic heterocycles. The topological polar surface area (TPSA) is 103 Å². The highest BCUT2D eigenvalue weighted by molar-refractivity contribution is 6.30.